The topological polar surface area (TPSA) is 105 Å². The number of nitro groups is 1. The summed E-state index contributed by atoms with van der Waals surface area (Å²) >= 11 is 3.23. The summed E-state index contributed by atoms with van der Waals surface area (Å²) in [5.74, 6) is 0.684. The van der Waals surface area contributed by atoms with E-state index in [9.17, 15) is 10.1 Å². The SMILES string of the molecule is Cc1nc(C)c(-n2nc(OCCCO[Si](C)(C)C(C)(C)C)c([N+](=O)[O-])c2Br)o1. The molecule has 0 aliphatic heterocycles. The fraction of sp³-hybridized carbons (Fsp3) is 0.647. The second kappa shape index (κ2) is 8.33. The van der Waals surface area contributed by atoms with E-state index >= 15 is 0 Å². The lowest BCUT2D eigenvalue weighted by atomic mass is 10.2. The Labute approximate surface area is 173 Å². The van der Waals surface area contributed by atoms with Gasteiger partial charge in [-0.15, -0.1) is 5.10 Å². The average Bonchev–Trinajstić information content (AvgIpc) is 3.04. The molecule has 2 heterocycles. The van der Waals surface area contributed by atoms with Crippen molar-refractivity contribution in [2.75, 3.05) is 13.2 Å². The number of hydrogen-bond donors (Lipinski definition) is 0. The van der Waals surface area contributed by atoms with E-state index in [1.54, 1.807) is 13.8 Å². The Morgan fingerprint density at radius 1 is 1.29 bits per heavy atom. The van der Waals surface area contributed by atoms with Crippen LogP contribution < -0.4 is 4.74 Å². The summed E-state index contributed by atoms with van der Waals surface area (Å²) in [5.41, 5.74) is 0.323. The van der Waals surface area contributed by atoms with Gasteiger partial charge in [-0.3, -0.25) is 10.1 Å². The minimum Gasteiger partial charge on any atom is -0.472 e. The lowest BCUT2D eigenvalue weighted by Gasteiger charge is -2.36. The first-order valence-electron chi connectivity index (χ1n) is 8.99. The van der Waals surface area contributed by atoms with Crippen LogP contribution in [0.2, 0.25) is 18.1 Å². The van der Waals surface area contributed by atoms with E-state index in [4.69, 9.17) is 13.6 Å². The van der Waals surface area contributed by atoms with E-state index in [1.807, 2.05) is 0 Å². The van der Waals surface area contributed by atoms with Crippen LogP contribution in [-0.4, -0.2) is 41.2 Å². The summed E-state index contributed by atoms with van der Waals surface area (Å²) in [4.78, 5) is 15.1. The number of rotatable bonds is 8. The first kappa shape index (κ1) is 22.6. The highest BCUT2D eigenvalue weighted by Crippen LogP contribution is 2.38. The Morgan fingerprint density at radius 3 is 2.43 bits per heavy atom. The Bertz CT molecular complexity index is 857. The highest BCUT2D eigenvalue weighted by Gasteiger charge is 2.37. The minimum atomic E-state index is -1.83. The highest BCUT2D eigenvalue weighted by molar-refractivity contribution is 9.10. The van der Waals surface area contributed by atoms with Crippen molar-refractivity contribution in [2.45, 2.75) is 59.2 Å². The second-order valence-electron chi connectivity index (χ2n) is 8.05. The normalized spacial score (nSPS) is 12.4. The first-order valence-corrected chi connectivity index (χ1v) is 12.7. The van der Waals surface area contributed by atoms with Crippen molar-refractivity contribution in [1.82, 2.24) is 14.8 Å². The standard InChI is InChI=1S/C17H27BrN4O5Si/c1-11-16(27-12(2)19-11)21-14(18)13(22(23)24)15(20-21)25-9-8-10-26-28(6,7)17(3,4)5/h8-10H2,1-7H3. The van der Waals surface area contributed by atoms with Crippen molar-refractivity contribution < 1.29 is 18.5 Å². The zero-order chi connectivity index (χ0) is 21.3. The number of ether oxygens (including phenoxy) is 1. The van der Waals surface area contributed by atoms with Gasteiger partial charge in [-0.1, -0.05) is 20.8 Å². The lowest BCUT2D eigenvalue weighted by Crippen LogP contribution is -2.41. The van der Waals surface area contributed by atoms with E-state index in [0.717, 1.165) is 0 Å². The van der Waals surface area contributed by atoms with Crippen LogP contribution >= 0.6 is 15.9 Å². The van der Waals surface area contributed by atoms with Gasteiger partial charge in [0.15, 0.2) is 18.8 Å². The molecule has 0 N–H and O–H groups in total. The molecule has 0 saturated heterocycles. The maximum absolute atomic E-state index is 11.5. The molecule has 28 heavy (non-hydrogen) atoms. The first-order chi connectivity index (χ1) is 12.8. The second-order valence-corrected chi connectivity index (χ2v) is 13.6. The molecule has 9 nitrogen and oxygen atoms in total. The van der Waals surface area contributed by atoms with Gasteiger partial charge in [0.2, 0.25) is 5.88 Å². The lowest BCUT2D eigenvalue weighted by molar-refractivity contribution is -0.386. The third-order valence-corrected chi connectivity index (χ3v) is 10.1. The van der Waals surface area contributed by atoms with Gasteiger partial charge in [0.05, 0.1) is 11.5 Å². The molecule has 156 valence electrons. The maximum Gasteiger partial charge on any atom is 0.365 e. The van der Waals surface area contributed by atoms with Gasteiger partial charge in [0, 0.05) is 20.0 Å². The molecule has 0 aromatic carbocycles. The van der Waals surface area contributed by atoms with Gasteiger partial charge >= 0.3 is 11.6 Å². The fourth-order valence-electron chi connectivity index (χ4n) is 2.24. The molecule has 2 rings (SSSR count). The van der Waals surface area contributed by atoms with E-state index in [-0.39, 0.29) is 27.8 Å². The van der Waals surface area contributed by atoms with E-state index in [0.29, 0.717) is 30.5 Å². The van der Waals surface area contributed by atoms with Crippen LogP contribution in [0, 0.1) is 24.0 Å². The molecule has 0 unspecified atom stereocenters. The van der Waals surface area contributed by atoms with Gasteiger partial charge < -0.3 is 13.6 Å². The minimum absolute atomic E-state index is 0.0716. The number of hydrogen-bond acceptors (Lipinski definition) is 7. The largest absolute Gasteiger partial charge is 0.472 e. The molecule has 0 radical (unpaired) electrons. The molecule has 2 aromatic heterocycles. The maximum atomic E-state index is 11.5. The Balaban J connectivity index is 2.09. The van der Waals surface area contributed by atoms with Gasteiger partial charge in [-0.2, -0.15) is 4.68 Å². The van der Waals surface area contributed by atoms with Crippen LogP contribution in [-0.2, 0) is 4.43 Å². The van der Waals surface area contributed by atoms with Crippen molar-refractivity contribution in [3.8, 4) is 11.8 Å². The number of aromatic nitrogens is 3. The Morgan fingerprint density at radius 2 is 1.93 bits per heavy atom. The molecular weight excluding hydrogens is 448 g/mol. The number of halogens is 1. The summed E-state index contributed by atoms with van der Waals surface area (Å²) in [6, 6.07) is 0. The highest BCUT2D eigenvalue weighted by atomic mass is 79.9. The van der Waals surface area contributed by atoms with Crippen LogP contribution in [0.3, 0.4) is 0 Å². The molecule has 0 spiro atoms. The third kappa shape index (κ3) is 4.81. The van der Waals surface area contributed by atoms with Gasteiger partial charge in [-0.05, 0) is 41.0 Å². The van der Waals surface area contributed by atoms with Crippen molar-refractivity contribution in [3.05, 3.63) is 26.3 Å². The molecule has 2 aromatic rings. The van der Waals surface area contributed by atoms with Crippen molar-refractivity contribution in [3.63, 3.8) is 0 Å². The summed E-state index contributed by atoms with van der Waals surface area (Å²) < 4.78 is 18.6. The quantitative estimate of drug-likeness (QED) is 0.230. The smallest absolute Gasteiger partial charge is 0.365 e. The van der Waals surface area contributed by atoms with Crippen LogP contribution in [0.25, 0.3) is 5.88 Å². The van der Waals surface area contributed by atoms with E-state index < -0.39 is 13.2 Å². The Kier molecular flexibility index (Phi) is 6.72. The summed E-state index contributed by atoms with van der Waals surface area (Å²) in [6.07, 6.45) is 0.606. The van der Waals surface area contributed by atoms with Gasteiger partial charge in [0.1, 0.15) is 5.69 Å². The molecule has 0 bridgehead atoms. The summed E-state index contributed by atoms with van der Waals surface area (Å²) in [6.45, 7) is 15.1. The van der Waals surface area contributed by atoms with Crippen molar-refractivity contribution in [1.29, 1.82) is 0 Å². The monoisotopic (exact) mass is 474 g/mol. The molecular formula is C17H27BrN4O5Si. The summed E-state index contributed by atoms with van der Waals surface area (Å²) in [5, 5.41) is 15.8. The van der Waals surface area contributed by atoms with E-state index in [1.165, 1.54) is 4.68 Å². The van der Waals surface area contributed by atoms with Crippen LogP contribution in [0.15, 0.2) is 9.02 Å². The molecule has 0 aliphatic rings. The molecule has 0 aliphatic carbocycles. The van der Waals surface area contributed by atoms with Crippen LogP contribution in [0.4, 0.5) is 5.69 Å². The number of nitrogens with zero attached hydrogens (tertiary/aromatic N) is 4. The molecule has 0 saturated carbocycles. The average molecular weight is 475 g/mol. The van der Waals surface area contributed by atoms with Gasteiger partial charge in [0.25, 0.3) is 0 Å². The van der Waals surface area contributed by atoms with Crippen molar-refractivity contribution >= 4 is 29.9 Å². The van der Waals surface area contributed by atoms with Crippen LogP contribution in [0.5, 0.6) is 5.88 Å². The molecule has 0 amide bonds. The zero-order valence-corrected chi connectivity index (χ0v) is 19.9. The fourth-order valence-corrected chi connectivity index (χ4v) is 3.89. The third-order valence-electron chi connectivity index (χ3n) is 4.83. The number of aryl methyl sites for hydroxylation is 2. The predicted molar refractivity (Wildman–Crippen MR) is 111 cm³/mol. The molecule has 0 atom stereocenters. The molecule has 0 fully saturated rings. The predicted octanol–water partition coefficient (Wildman–Crippen LogP) is 4.94. The zero-order valence-electron chi connectivity index (χ0n) is 17.3. The van der Waals surface area contributed by atoms with E-state index in [2.05, 4.69) is 59.9 Å². The number of oxazole rings is 1. The van der Waals surface area contributed by atoms with Gasteiger partial charge in [-0.25, -0.2) is 4.98 Å². The molecule has 11 heteroatoms. The summed E-state index contributed by atoms with van der Waals surface area (Å²) in [7, 11) is -1.83. The Hall–Kier alpha value is -1.72. The van der Waals surface area contributed by atoms with Crippen molar-refractivity contribution in [2.24, 2.45) is 0 Å². The van der Waals surface area contributed by atoms with Crippen LogP contribution in [0.1, 0.15) is 38.8 Å².